The minimum absolute atomic E-state index is 0.161. The Hall–Kier alpha value is -0.810. The number of aliphatic hydroxyl groups is 1. The third kappa shape index (κ3) is 5.63. The van der Waals surface area contributed by atoms with Gasteiger partial charge in [-0.1, -0.05) is 0 Å². The highest BCUT2D eigenvalue weighted by molar-refractivity contribution is 6.27. The van der Waals surface area contributed by atoms with Gasteiger partial charge in [-0.25, -0.2) is 0 Å². The molecule has 0 spiro atoms. The molecule has 0 aromatic carbocycles. The number of carbonyl (C=O) groups excluding carboxylic acids is 2. The number of halogens is 1. The minimum atomic E-state index is -0.453. The number of carbonyl (C=O) groups is 2. The van der Waals surface area contributed by atoms with Crippen LogP contribution >= 0.6 is 11.6 Å². The normalized spacial score (nSPS) is 8.91. The Balaban J connectivity index is 3.38. The molecule has 0 aromatic rings. The first kappa shape index (κ1) is 10.2. The molecule has 0 aliphatic heterocycles. The van der Waals surface area contributed by atoms with E-state index in [2.05, 4.69) is 10.6 Å². The highest BCUT2D eigenvalue weighted by Gasteiger charge is 2.01. The van der Waals surface area contributed by atoms with Crippen molar-refractivity contribution in [3.8, 4) is 0 Å². The fourth-order valence-corrected chi connectivity index (χ4v) is 0.471. The van der Waals surface area contributed by atoms with Gasteiger partial charge >= 0.3 is 0 Å². The average molecular weight is 181 g/mol. The van der Waals surface area contributed by atoms with Gasteiger partial charge in [-0.3, -0.25) is 9.59 Å². The maximum absolute atomic E-state index is 10.5. The first-order chi connectivity index (χ1) is 5.20. The lowest BCUT2D eigenvalue weighted by atomic mass is 10.5. The molecule has 3 N–H and O–H groups in total. The summed E-state index contributed by atoms with van der Waals surface area (Å²) in [6.45, 7) is -0.596. The van der Waals surface area contributed by atoms with E-state index in [0.29, 0.717) is 0 Å². The van der Waals surface area contributed by atoms with Crippen LogP contribution in [-0.2, 0) is 9.59 Å². The summed E-state index contributed by atoms with van der Waals surface area (Å²) >= 11 is 5.12. The number of hydrogen-bond donors (Lipinski definition) is 3. The van der Waals surface area contributed by atoms with Crippen molar-refractivity contribution < 1.29 is 14.7 Å². The topological polar surface area (TPSA) is 78.4 Å². The predicted octanol–water partition coefficient (Wildman–Crippen LogP) is -1.59. The van der Waals surface area contributed by atoms with E-state index in [1.807, 2.05) is 0 Å². The molecule has 0 rings (SSSR count). The molecule has 0 heterocycles. The fraction of sp³-hybridized carbons (Fsp3) is 0.600. The van der Waals surface area contributed by atoms with Crippen molar-refractivity contribution in [1.29, 1.82) is 0 Å². The molecule has 0 unspecified atom stereocenters. The Bertz CT molecular complexity index is 151. The van der Waals surface area contributed by atoms with Gasteiger partial charge in [-0.15, -0.1) is 11.6 Å². The zero-order valence-corrected chi connectivity index (χ0v) is 6.52. The van der Waals surface area contributed by atoms with Gasteiger partial charge in [0.25, 0.3) is 0 Å². The van der Waals surface area contributed by atoms with Gasteiger partial charge in [0.2, 0.25) is 11.8 Å². The zero-order chi connectivity index (χ0) is 8.69. The maximum atomic E-state index is 10.5. The molecule has 6 heteroatoms. The van der Waals surface area contributed by atoms with Crippen LogP contribution < -0.4 is 10.6 Å². The van der Waals surface area contributed by atoms with Gasteiger partial charge < -0.3 is 15.7 Å². The van der Waals surface area contributed by atoms with Crippen molar-refractivity contribution in [3.63, 3.8) is 0 Å². The monoisotopic (exact) mass is 180 g/mol. The molecule has 2 amide bonds. The highest BCUT2D eigenvalue weighted by Crippen LogP contribution is 1.72. The predicted molar refractivity (Wildman–Crippen MR) is 39.0 cm³/mol. The highest BCUT2D eigenvalue weighted by atomic mass is 35.5. The minimum Gasteiger partial charge on any atom is -0.376 e. The van der Waals surface area contributed by atoms with Crippen LogP contribution in [-0.4, -0.2) is 36.1 Å². The van der Waals surface area contributed by atoms with Crippen LogP contribution in [0.3, 0.4) is 0 Å². The van der Waals surface area contributed by atoms with Gasteiger partial charge in [0.1, 0.15) is 12.6 Å². The number of aliphatic hydroxyl groups excluding tert-OH is 1. The van der Waals surface area contributed by atoms with Crippen molar-refractivity contribution >= 4 is 23.4 Å². The molecular formula is C5H9ClN2O3. The van der Waals surface area contributed by atoms with E-state index >= 15 is 0 Å². The molecule has 0 bridgehead atoms. The molecule has 11 heavy (non-hydrogen) atoms. The van der Waals surface area contributed by atoms with E-state index in [9.17, 15) is 9.59 Å². The van der Waals surface area contributed by atoms with Crippen molar-refractivity contribution in [2.45, 2.75) is 0 Å². The van der Waals surface area contributed by atoms with E-state index in [4.69, 9.17) is 16.7 Å². The van der Waals surface area contributed by atoms with Gasteiger partial charge in [0.05, 0.1) is 6.54 Å². The summed E-state index contributed by atoms with van der Waals surface area (Å²) in [4.78, 5) is 21.0. The molecule has 0 saturated carbocycles. The molecular weight excluding hydrogens is 172 g/mol. The van der Waals surface area contributed by atoms with Crippen LogP contribution in [0.15, 0.2) is 0 Å². The summed E-state index contributed by atoms with van der Waals surface area (Å²) in [5.41, 5.74) is 0. The van der Waals surface area contributed by atoms with Crippen LogP contribution in [0.1, 0.15) is 0 Å². The molecule has 0 aliphatic carbocycles. The lowest BCUT2D eigenvalue weighted by Gasteiger charge is -2.01. The molecule has 0 atom stereocenters. The summed E-state index contributed by atoms with van der Waals surface area (Å²) < 4.78 is 0. The van der Waals surface area contributed by atoms with Gasteiger partial charge in [0, 0.05) is 0 Å². The Labute approximate surface area is 68.7 Å². The molecule has 0 fully saturated rings. The number of rotatable bonds is 4. The maximum Gasteiger partial charge on any atom is 0.241 e. The number of hydrogen-bond acceptors (Lipinski definition) is 3. The lowest BCUT2D eigenvalue weighted by molar-refractivity contribution is -0.125. The van der Waals surface area contributed by atoms with E-state index < -0.39 is 18.5 Å². The van der Waals surface area contributed by atoms with Crippen LogP contribution in [0.2, 0.25) is 0 Å². The Morgan fingerprint density at radius 3 is 2.36 bits per heavy atom. The fourth-order valence-electron chi connectivity index (χ4n) is 0.377. The Kier molecular flexibility index (Phi) is 5.50. The molecule has 0 saturated heterocycles. The summed E-state index contributed by atoms with van der Waals surface area (Å²) in [7, 11) is 0. The zero-order valence-electron chi connectivity index (χ0n) is 5.76. The van der Waals surface area contributed by atoms with Crippen molar-refractivity contribution in [1.82, 2.24) is 10.6 Å². The van der Waals surface area contributed by atoms with Crippen molar-refractivity contribution in [3.05, 3.63) is 0 Å². The number of alkyl halides is 1. The van der Waals surface area contributed by atoms with Crippen molar-refractivity contribution in [2.24, 2.45) is 0 Å². The largest absolute Gasteiger partial charge is 0.376 e. The molecule has 0 aliphatic rings. The molecule has 64 valence electrons. The summed E-state index contributed by atoms with van der Waals surface area (Å²) in [5.74, 6) is -1.04. The third-order valence-electron chi connectivity index (χ3n) is 0.844. The van der Waals surface area contributed by atoms with E-state index in [1.165, 1.54) is 0 Å². The van der Waals surface area contributed by atoms with E-state index in [1.54, 1.807) is 0 Å². The molecule has 0 radical (unpaired) electrons. The quantitative estimate of drug-likeness (QED) is 0.361. The summed E-state index contributed by atoms with van der Waals surface area (Å²) in [6, 6.07) is 0. The van der Waals surface area contributed by atoms with Crippen LogP contribution in [0.4, 0.5) is 0 Å². The van der Waals surface area contributed by atoms with Crippen LogP contribution in [0.5, 0.6) is 0 Å². The van der Waals surface area contributed by atoms with Gasteiger partial charge in [-0.05, 0) is 0 Å². The first-order valence-corrected chi connectivity index (χ1v) is 3.44. The third-order valence-corrected chi connectivity index (χ3v) is 1.09. The second-order valence-electron chi connectivity index (χ2n) is 1.67. The lowest BCUT2D eigenvalue weighted by Crippen LogP contribution is -2.37. The summed E-state index contributed by atoms with van der Waals surface area (Å²) in [5, 5.41) is 12.5. The van der Waals surface area contributed by atoms with E-state index in [0.717, 1.165) is 0 Å². The van der Waals surface area contributed by atoms with Gasteiger partial charge in [0.15, 0.2) is 0 Å². The van der Waals surface area contributed by atoms with Crippen LogP contribution in [0, 0.1) is 0 Å². The summed E-state index contributed by atoms with van der Waals surface area (Å²) in [6.07, 6.45) is 0. The van der Waals surface area contributed by atoms with Crippen molar-refractivity contribution in [2.75, 3.05) is 19.2 Å². The number of amides is 2. The second kappa shape index (κ2) is 5.94. The smallest absolute Gasteiger partial charge is 0.241 e. The Morgan fingerprint density at radius 1 is 1.27 bits per heavy atom. The standard InChI is InChI=1S/C5H9ClN2O3/c6-1-4(10)7-2-5(11)8-3-9/h9H,1-3H2,(H,7,10)(H,8,11). The molecule has 5 nitrogen and oxygen atoms in total. The Morgan fingerprint density at radius 2 is 1.91 bits per heavy atom. The van der Waals surface area contributed by atoms with E-state index in [-0.39, 0.29) is 12.4 Å². The molecule has 0 aromatic heterocycles. The number of nitrogens with one attached hydrogen (secondary N) is 2. The van der Waals surface area contributed by atoms with Gasteiger partial charge in [-0.2, -0.15) is 0 Å². The second-order valence-corrected chi connectivity index (χ2v) is 1.94. The first-order valence-electron chi connectivity index (χ1n) is 2.91. The SMILES string of the molecule is O=C(CCl)NCC(=O)NCO. The average Bonchev–Trinajstić information content (AvgIpc) is 2.01. The van der Waals surface area contributed by atoms with Crippen LogP contribution in [0.25, 0.3) is 0 Å².